The number of nitrogen functional groups attached to an aromatic ring is 1. The summed E-state index contributed by atoms with van der Waals surface area (Å²) in [5.41, 5.74) is 7.51. The first kappa shape index (κ1) is 16.3. The van der Waals surface area contributed by atoms with Crippen molar-refractivity contribution in [1.29, 1.82) is 5.26 Å². The Morgan fingerprint density at radius 1 is 1.21 bits per heavy atom. The highest BCUT2D eigenvalue weighted by Crippen LogP contribution is 2.37. The number of amides is 1. The van der Waals surface area contributed by atoms with Crippen LogP contribution in [-0.4, -0.2) is 11.9 Å². The number of carbonyl (C=O) groups excluding carboxylic acids is 1. The minimum atomic E-state index is -0.179. The molecular formula is C18H20N4OS. The van der Waals surface area contributed by atoms with E-state index in [1.807, 2.05) is 30.3 Å². The van der Waals surface area contributed by atoms with Crippen molar-refractivity contribution < 1.29 is 4.79 Å². The van der Waals surface area contributed by atoms with Gasteiger partial charge in [0.05, 0.1) is 5.69 Å². The molecule has 1 fully saturated rings. The summed E-state index contributed by atoms with van der Waals surface area (Å²) < 4.78 is 0. The monoisotopic (exact) mass is 340 g/mol. The Hall–Kier alpha value is -2.52. The maximum Gasteiger partial charge on any atom is 0.263 e. The molecule has 0 bridgehead atoms. The van der Waals surface area contributed by atoms with E-state index in [-0.39, 0.29) is 17.6 Å². The molecule has 1 aromatic heterocycles. The van der Waals surface area contributed by atoms with E-state index in [4.69, 9.17) is 5.73 Å². The third kappa shape index (κ3) is 3.52. The van der Waals surface area contributed by atoms with Crippen molar-refractivity contribution in [1.82, 2.24) is 5.32 Å². The lowest BCUT2D eigenvalue weighted by molar-refractivity contribution is 0.0932. The number of nitrogens with one attached hydrogen (secondary N) is 2. The molecule has 1 amide bonds. The fourth-order valence-electron chi connectivity index (χ4n) is 2.96. The van der Waals surface area contributed by atoms with Crippen LogP contribution in [0.25, 0.3) is 0 Å². The van der Waals surface area contributed by atoms with Crippen molar-refractivity contribution in [2.75, 3.05) is 11.1 Å². The van der Waals surface area contributed by atoms with Gasteiger partial charge < -0.3 is 16.4 Å². The molecule has 1 aliphatic rings. The van der Waals surface area contributed by atoms with Gasteiger partial charge in [-0.1, -0.05) is 37.5 Å². The van der Waals surface area contributed by atoms with Gasteiger partial charge in [-0.15, -0.1) is 11.3 Å². The standard InChI is InChI=1S/C18H20N4OS/c19-11-14-15(20)16(17(23)21-12-7-3-1-4-8-12)24-18(14)22-13-9-5-2-6-10-13/h2,5-6,9-10,12,22H,1,3-4,7-8,20H2,(H,21,23). The number of rotatable bonds is 4. The molecule has 1 aromatic carbocycles. The summed E-state index contributed by atoms with van der Waals surface area (Å²) in [5, 5.41) is 16.2. The van der Waals surface area contributed by atoms with Crippen LogP contribution in [0.1, 0.15) is 47.3 Å². The number of hydrogen-bond acceptors (Lipinski definition) is 5. The average molecular weight is 340 g/mol. The number of nitrogens with zero attached hydrogens (tertiary/aromatic N) is 1. The van der Waals surface area contributed by atoms with Crippen molar-refractivity contribution in [3.63, 3.8) is 0 Å². The first-order valence-electron chi connectivity index (χ1n) is 8.14. The van der Waals surface area contributed by atoms with E-state index in [0.717, 1.165) is 31.4 Å². The van der Waals surface area contributed by atoms with E-state index >= 15 is 0 Å². The minimum Gasteiger partial charge on any atom is -0.396 e. The summed E-state index contributed by atoms with van der Waals surface area (Å²) in [4.78, 5) is 13.0. The average Bonchev–Trinajstić information content (AvgIpc) is 2.92. The summed E-state index contributed by atoms with van der Waals surface area (Å²) in [6, 6.07) is 11.8. The van der Waals surface area contributed by atoms with Crippen molar-refractivity contribution in [3.05, 3.63) is 40.8 Å². The third-order valence-corrected chi connectivity index (χ3v) is 5.35. The molecule has 0 saturated heterocycles. The predicted molar refractivity (Wildman–Crippen MR) is 97.5 cm³/mol. The molecule has 0 unspecified atom stereocenters. The summed E-state index contributed by atoms with van der Waals surface area (Å²) in [6.45, 7) is 0. The second-order valence-electron chi connectivity index (χ2n) is 5.96. The molecule has 1 aliphatic carbocycles. The Bertz CT molecular complexity index is 757. The molecule has 5 nitrogen and oxygen atoms in total. The van der Waals surface area contributed by atoms with Crippen LogP contribution < -0.4 is 16.4 Å². The first-order valence-corrected chi connectivity index (χ1v) is 8.96. The van der Waals surface area contributed by atoms with E-state index < -0.39 is 0 Å². The predicted octanol–water partition coefficient (Wildman–Crippen LogP) is 4.01. The van der Waals surface area contributed by atoms with E-state index in [1.165, 1.54) is 17.8 Å². The highest BCUT2D eigenvalue weighted by atomic mass is 32.1. The Morgan fingerprint density at radius 3 is 2.58 bits per heavy atom. The van der Waals surface area contributed by atoms with Crippen LogP contribution in [0.2, 0.25) is 0 Å². The maximum absolute atomic E-state index is 12.5. The Balaban J connectivity index is 1.81. The number of anilines is 3. The van der Waals surface area contributed by atoms with Crippen LogP contribution in [0.5, 0.6) is 0 Å². The van der Waals surface area contributed by atoms with Gasteiger partial charge in [-0.25, -0.2) is 0 Å². The molecule has 1 saturated carbocycles. The fraction of sp³-hybridized carbons (Fsp3) is 0.333. The lowest BCUT2D eigenvalue weighted by atomic mass is 9.95. The van der Waals surface area contributed by atoms with Gasteiger partial charge in [0.15, 0.2) is 0 Å². The number of benzene rings is 1. The molecule has 0 spiro atoms. The number of thiophene rings is 1. The van der Waals surface area contributed by atoms with E-state index in [1.54, 1.807) is 0 Å². The minimum absolute atomic E-state index is 0.179. The smallest absolute Gasteiger partial charge is 0.263 e. The Labute approximate surface area is 145 Å². The number of hydrogen-bond donors (Lipinski definition) is 3. The van der Waals surface area contributed by atoms with Gasteiger partial charge in [0, 0.05) is 11.7 Å². The van der Waals surface area contributed by atoms with Gasteiger partial charge in [-0.2, -0.15) is 5.26 Å². The zero-order valence-corrected chi connectivity index (χ0v) is 14.2. The van der Waals surface area contributed by atoms with Crippen LogP contribution in [-0.2, 0) is 0 Å². The topological polar surface area (TPSA) is 90.9 Å². The van der Waals surface area contributed by atoms with Crippen LogP contribution in [0, 0.1) is 11.3 Å². The molecular weight excluding hydrogens is 320 g/mol. The molecule has 4 N–H and O–H groups in total. The van der Waals surface area contributed by atoms with Crippen molar-refractivity contribution in [2.24, 2.45) is 0 Å². The molecule has 3 rings (SSSR count). The molecule has 24 heavy (non-hydrogen) atoms. The van der Waals surface area contributed by atoms with Crippen LogP contribution in [0.3, 0.4) is 0 Å². The number of nitrogens with two attached hydrogens (primary N) is 1. The summed E-state index contributed by atoms with van der Waals surface area (Å²) in [6.07, 6.45) is 5.55. The van der Waals surface area contributed by atoms with E-state index in [2.05, 4.69) is 16.7 Å². The molecule has 0 atom stereocenters. The van der Waals surface area contributed by atoms with Gasteiger partial charge in [0.2, 0.25) is 0 Å². The maximum atomic E-state index is 12.5. The number of para-hydroxylation sites is 1. The first-order chi connectivity index (χ1) is 11.7. The largest absolute Gasteiger partial charge is 0.396 e. The third-order valence-electron chi connectivity index (χ3n) is 4.24. The quantitative estimate of drug-likeness (QED) is 0.784. The van der Waals surface area contributed by atoms with E-state index in [0.29, 0.717) is 15.4 Å². The van der Waals surface area contributed by atoms with Crippen molar-refractivity contribution in [2.45, 2.75) is 38.1 Å². The molecule has 0 aliphatic heterocycles. The highest BCUT2D eigenvalue weighted by molar-refractivity contribution is 7.19. The second-order valence-corrected chi connectivity index (χ2v) is 6.98. The normalized spacial score (nSPS) is 14.8. The molecule has 6 heteroatoms. The fourth-order valence-corrected chi connectivity index (χ4v) is 3.96. The zero-order valence-electron chi connectivity index (χ0n) is 13.3. The van der Waals surface area contributed by atoms with Crippen LogP contribution in [0.15, 0.2) is 30.3 Å². The lowest BCUT2D eigenvalue weighted by Crippen LogP contribution is -2.36. The lowest BCUT2D eigenvalue weighted by Gasteiger charge is -2.22. The highest BCUT2D eigenvalue weighted by Gasteiger charge is 2.23. The number of carbonyl (C=O) groups is 1. The van der Waals surface area contributed by atoms with Gasteiger partial charge in [0.1, 0.15) is 21.5 Å². The molecule has 124 valence electrons. The van der Waals surface area contributed by atoms with Crippen molar-refractivity contribution >= 4 is 33.6 Å². The molecule has 1 heterocycles. The zero-order chi connectivity index (χ0) is 16.9. The SMILES string of the molecule is N#Cc1c(Nc2ccccc2)sc(C(=O)NC2CCCCC2)c1N. The number of nitriles is 1. The summed E-state index contributed by atoms with van der Waals surface area (Å²) in [5.74, 6) is -0.179. The van der Waals surface area contributed by atoms with Crippen molar-refractivity contribution in [3.8, 4) is 6.07 Å². The van der Waals surface area contributed by atoms with Gasteiger partial charge in [-0.05, 0) is 25.0 Å². The summed E-state index contributed by atoms with van der Waals surface area (Å²) >= 11 is 1.23. The van der Waals surface area contributed by atoms with E-state index in [9.17, 15) is 10.1 Å². The summed E-state index contributed by atoms with van der Waals surface area (Å²) in [7, 11) is 0. The van der Waals surface area contributed by atoms with Crippen LogP contribution in [0.4, 0.5) is 16.4 Å². The van der Waals surface area contributed by atoms with Gasteiger partial charge >= 0.3 is 0 Å². The Kier molecular flexibility index (Phi) is 5.02. The van der Waals surface area contributed by atoms with Crippen LogP contribution >= 0.6 is 11.3 Å². The molecule has 0 radical (unpaired) electrons. The second kappa shape index (κ2) is 7.37. The van der Waals surface area contributed by atoms with Gasteiger partial charge in [-0.3, -0.25) is 4.79 Å². The molecule has 2 aromatic rings. The Morgan fingerprint density at radius 2 is 1.92 bits per heavy atom. The van der Waals surface area contributed by atoms with Gasteiger partial charge in [0.25, 0.3) is 5.91 Å².